The average molecular weight is 306 g/mol. The Hall–Kier alpha value is -2.04. The molecule has 1 aromatic rings. The maximum Gasteiger partial charge on any atom is 0.344 e. The Labute approximate surface area is 130 Å². The number of carboxylic acids is 1. The van der Waals surface area contributed by atoms with E-state index in [1.54, 1.807) is 0 Å². The number of carbonyl (C=O) groups is 2. The molecule has 0 saturated heterocycles. The van der Waals surface area contributed by atoms with E-state index in [0.717, 1.165) is 6.42 Å². The fourth-order valence-corrected chi connectivity index (χ4v) is 2.69. The topological polar surface area (TPSA) is 72.8 Å². The lowest BCUT2D eigenvalue weighted by Crippen LogP contribution is -2.17. The number of hydrogen-bond donors (Lipinski definition) is 1. The number of ether oxygens (including phenoxy) is 2. The van der Waals surface area contributed by atoms with Crippen molar-refractivity contribution in [3.63, 3.8) is 0 Å². The van der Waals surface area contributed by atoms with Crippen LogP contribution in [0.4, 0.5) is 0 Å². The van der Waals surface area contributed by atoms with Crippen molar-refractivity contribution in [1.29, 1.82) is 0 Å². The first-order chi connectivity index (χ1) is 10.6. The van der Waals surface area contributed by atoms with Gasteiger partial charge in [0, 0.05) is 0 Å². The summed E-state index contributed by atoms with van der Waals surface area (Å²) in [7, 11) is 0. The molecule has 1 fully saturated rings. The lowest BCUT2D eigenvalue weighted by molar-refractivity contribution is -0.146. The highest BCUT2D eigenvalue weighted by Crippen LogP contribution is 2.26. The van der Waals surface area contributed by atoms with Crippen LogP contribution >= 0.6 is 0 Å². The third kappa shape index (κ3) is 5.39. The van der Waals surface area contributed by atoms with Gasteiger partial charge in [-0.25, -0.2) is 9.59 Å². The van der Waals surface area contributed by atoms with E-state index in [0.29, 0.717) is 18.3 Å². The highest BCUT2D eigenvalue weighted by Gasteiger charge is 2.14. The Morgan fingerprint density at radius 1 is 1.09 bits per heavy atom. The van der Waals surface area contributed by atoms with Crippen molar-refractivity contribution < 1.29 is 24.2 Å². The van der Waals surface area contributed by atoms with Gasteiger partial charge in [-0.3, -0.25) is 0 Å². The van der Waals surface area contributed by atoms with Crippen molar-refractivity contribution in [2.45, 2.75) is 38.5 Å². The smallest absolute Gasteiger partial charge is 0.344 e. The molecule has 5 nitrogen and oxygen atoms in total. The molecule has 1 saturated carbocycles. The maximum absolute atomic E-state index is 11.6. The van der Waals surface area contributed by atoms with Crippen LogP contribution in [0.5, 0.6) is 5.75 Å². The Morgan fingerprint density at radius 3 is 2.41 bits per heavy atom. The van der Waals surface area contributed by atoms with E-state index in [1.165, 1.54) is 56.4 Å². The van der Waals surface area contributed by atoms with Gasteiger partial charge in [-0.05, 0) is 36.6 Å². The second-order valence-electron chi connectivity index (χ2n) is 5.63. The molecule has 1 N–H and O–H groups in total. The molecule has 0 heterocycles. The lowest BCUT2D eigenvalue weighted by Gasteiger charge is -2.21. The second kappa shape index (κ2) is 8.41. The molecule has 0 spiro atoms. The van der Waals surface area contributed by atoms with Gasteiger partial charge in [-0.15, -0.1) is 0 Å². The van der Waals surface area contributed by atoms with Gasteiger partial charge in [0.05, 0.1) is 12.2 Å². The summed E-state index contributed by atoms with van der Waals surface area (Å²) in [4.78, 5) is 22.3. The first-order valence-corrected chi connectivity index (χ1v) is 7.77. The number of rotatable bonds is 7. The molecule has 0 atom stereocenters. The first-order valence-electron chi connectivity index (χ1n) is 7.77. The minimum absolute atomic E-state index is 0.156. The highest BCUT2D eigenvalue weighted by molar-refractivity contribution is 5.87. The molecule has 0 aromatic heterocycles. The molecule has 0 aliphatic heterocycles. The Balaban J connectivity index is 1.63. The molecule has 2 rings (SSSR count). The minimum Gasteiger partial charge on any atom is -0.482 e. The normalized spacial score (nSPS) is 15.3. The van der Waals surface area contributed by atoms with Gasteiger partial charge in [-0.1, -0.05) is 32.1 Å². The SMILES string of the molecule is O=C(COc1ccc(C(=O)O)cc1)OCCC1CCCCC1. The number of hydrogen-bond acceptors (Lipinski definition) is 4. The highest BCUT2D eigenvalue weighted by atomic mass is 16.6. The molecule has 0 amide bonds. The van der Waals surface area contributed by atoms with E-state index in [4.69, 9.17) is 14.6 Å². The van der Waals surface area contributed by atoms with Gasteiger partial charge in [0.25, 0.3) is 0 Å². The third-order valence-corrected chi connectivity index (χ3v) is 3.97. The average Bonchev–Trinajstić information content (AvgIpc) is 2.54. The number of esters is 1. The van der Waals surface area contributed by atoms with Gasteiger partial charge in [-0.2, -0.15) is 0 Å². The summed E-state index contributed by atoms with van der Waals surface area (Å²) in [5.74, 6) is -0.243. The summed E-state index contributed by atoms with van der Waals surface area (Å²) in [6, 6.07) is 5.93. The van der Waals surface area contributed by atoms with Crippen LogP contribution in [-0.4, -0.2) is 30.3 Å². The van der Waals surface area contributed by atoms with Gasteiger partial charge in [0.15, 0.2) is 6.61 Å². The molecule has 1 aromatic carbocycles. The fourth-order valence-electron chi connectivity index (χ4n) is 2.69. The van der Waals surface area contributed by atoms with Gasteiger partial charge >= 0.3 is 11.9 Å². The number of carbonyl (C=O) groups excluding carboxylic acids is 1. The van der Waals surface area contributed by atoms with Crippen LogP contribution in [-0.2, 0) is 9.53 Å². The van der Waals surface area contributed by atoms with Gasteiger partial charge < -0.3 is 14.6 Å². The molecule has 5 heteroatoms. The zero-order valence-corrected chi connectivity index (χ0v) is 12.6. The van der Waals surface area contributed by atoms with Crippen molar-refractivity contribution in [3.8, 4) is 5.75 Å². The van der Waals surface area contributed by atoms with Crippen molar-refractivity contribution >= 4 is 11.9 Å². The molecule has 1 aliphatic rings. The predicted octanol–water partition coefficient (Wildman–Crippen LogP) is 3.28. The second-order valence-corrected chi connectivity index (χ2v) is 5.63. The Morgan fingerprint density at radius 2 is 1.77 bits per heavy atom. The molecule has 120 valence electrons. The standard InChI is InChI=1S/C17H22O5/c18-16(21-11-10-13-4-2-1-3-5-13)12-22-15-8-6-14(7-9-15)17(19)20/h6-9,13H,1-5,10-12H2,(H,19,20). The summed E-state index contributed by atoms with van der Waals surface area (Å²) in [6.07, 6.45) is 7.31. The van der Waals surface area contributed by atoms with E-state index < -0.39 is 11.9 Å². The van der Waals surface area contributed by atoms with Crippen LogP contribution in [0.1, 0.15) is 48.9 Å². The third-order valence-electron chi connectivity index (χ3n) is 3.97. The molecule has 0 bridgehead atoms. The van der Waals surface area contributed by atoms with Crippen LogP contribution in [0.15, 0.2) is 24.3 Å². The van der Waals surface area contributed by atoms with E-state index in [2.05, 4.69) is 0 Å². The molecule has 22 heavy (non-hydrogen) atoms. The van der Waals surface area contributed by atoms with Crippen LogP contribution in [0.25, 0.3) is 0 Å². The molecule has 0 radical (unpaired) electrons. The minimum atomic E-state index is -0.992. The summed E-state index contributed by atoms with van der Waals surface area (Å²) >= 11 is 0. The zero-order valence-electron chi connectivity index (χ0n) is 12.6. The lowest BCUT2D eigenvalue weighted by atomic mass is 9.87. The quantitative estimate of drug-likeness (QED) is 0.783. The zero-order chi connectivity index (χ0) is 15.8. The van der Waals surface area contributed by atoms with E-state index in [-0.39, 0.29) is 12.2 Å². The molecular formula is C17H22O5. The number of benzene rings is 1. The van der Waals surface area contributed by atoms with Crippen LogP contribution in [0.2, 0.25) is 0 Å². The summed E-state index contributed by atoms with van der Waals surface area (Å²) in [5.41, 5.74) is 0.183. The maximum atomic E-state index is 11.6. The van der Waals surface area contributed by atoms with Crippen molar-refractivity contribution in [3.05, 3.63) is 29.8 Å². The fraction of sp³-hybridized carbons (Fsp3) is 0.529. The summed E-state index contributed by atoms with van der Waals surface area (Å²) in [6.45, 7) is 0.294. The van der Waals surface area contributed by atoms with Crippen LogP contribution in [0, 0.1) is 5.92 Å². The number of aromatic carboxylic acids is 1. The van der Waals surface area contributed by atoms with E-state index in [9.17, 15) is 9.59 Å². The molecule has 0 unspecified atom stereocenters. The Bertz CT molecular complexity index is 488. The van der Waals surface area contributed by atoms with Crippen LogP contribution in [0.3, 0.4) is 0 Å². The van der Waals surface area contributed by atoms with E-state index in [1.807, 2.05) is 0 Å². The van der Waals surface area contributed by atoms with Crippen molar-refractivity contribution in [1.82, 2.24) is 0 Å². The largest absolute Gasteiger partial charge is 0.482 e. The Kier molecular flexibility index (Phi) is 6.25. The van der Waals surface area contributed by atoms with Crippen molar-refractivity contribution in [2.75, 3.05) is 13.2 Å². The van der Waals surface area contributed by atoms with Gasteiger partial charge in [0.2, 0.25) is 0 Å². The first kappa shape index (κ1) is 16.3. The molecular weight excluding hydrogens is 284 g/mol. The van der Waals surface area contributed by atoms with E-state index >= 15 is 0 Å². The van der Waals surface area contributed by atoms with Gasteiger partial charge in [0.1, 0.15) is 5.75 Å². The predicted molar refractivity (Wildman–Crippen MR) is 81.0 cm³/mol. The summed E-state index contributed by atoms with van der Waals surface area (Å²) < 4.78 is 10.4. The van der Waals surface area contributed by atoms with Crippen LogP contribution < -0.4 is 4.74 Å². The monoisotopic (exact) mass is 306 g/mol. The summed E-state index contributed by atoms with van der Waals surface area (Å²) in [5, 5.41) is 8.78. The number of carboxylic acid groups (broad SMARTS) is 1. The van der Waals surface area contributed by atoms with Crippen molar-refractivity contribution in [2.24, 2.45) is 5.92 Å². The molecule has 1 aliphatic carbocycles.